The second-order valence-electron chi connectivity index (χ2n) is 8.12. The van der Waals surface area contributed by atoms with Crippen LogP contribution in [0.1, 0.15) is 37.4 Å². The third-order valence-electron chi connectivity index (χ3n) is 6.09. The predicted molar refractivity (Wildman–Crippen MR) is 125 cm³/mol. The van der Waals surface area contributed by atoms with Crippen molar-refractivity contribution in [3.8, 4) is 0 Å². The van der Waals surface area contributed by atoms with Crippen molar-refractivity contribution < 1.29 is 14.3 Å². The fourth-order valence-corrected chi connectivity index (χ4v) is 4.93. The zero-order valence-electron chi connectivity index (χ0n) is 18.4. The average molecular weight is 454 g/mol. The topological polar surface area (TPSA) is 110 Å². The van der Waals surface area contributed by atoms with E-state index in [0.717, 1.165) is 21.3 Å². The number of likely N-dealkylation sites (tertiary alicyclic amines) is 1. The molecule has 0 saturated carbocycles. The smallest absolute Gasteiger partial charge is 0.313 e. The largest absolute Gasteiger partial charge is 0.383 e. The lowest BCUT2D eigenvalue weighted by Crippen LogP contribution is -2.50. The first kappa shape index (κ1) is 22.2. The van der Waals surface area contributed by atoms with Gasteiger partial charge < -0.3 is 20.7 Å². The van der Waals surface area contributed by atoms with E-state index in [9.17, 15) is 9.59 Å². The standard InChI is InChI=1S/C23H27N5O3S/c1-4-14-7-16(10-25-21(14)24)27-22(29)23(30)28-11-13(2)19(31-3)9-18(28)15-5-6-20-17(8-15)26-12-32-20/h5-8,10,12-13,18-19H,4,9,11H2,1-3H3,(H2,24,25)(H,27,29)/t13-,18-,19+/m0/s1. The van der Waals surface area contributed by atoms with Crippen LogP contribution in [0.25, 0.3) is 10.2 Å². The van der Waals surface area contributed by atoms with Gasteiger partial charge in [0.2, 0.25) is 0 Å². The lowest BCUT2D eigenvalue weighted by atomic mass is 9.87. The van der Waals surface area contributed by atoms with Crippen LogP contribution in [-0.4, -0.2) is 46.4 Å². The van der Waals surface area contributed by atoms with Crippen molar-refractivity contribution in [2.24, 2.45) is 5.92 Å². The van der Waals surface area contributed by atoms with E-state index in [-0.39, 0.29) is 18.1 Å². The van der Waals surface area contributed by atoms with Gasteiger partial charge in [-0.25, -0.2) is 9.97 Å². The summed E-state index contributed by atoms with van der Waals surface area (Å²) in [6.07, 6.45) is 2.74. The molecule has 3 heterocycles. The molecule has 3 N–H and O–H groups in total. The Labute approximate surface area is 190 Å². The fraction of sp³-hybridized carbons (Fsp3) is 0.391. The number of amides is 2. The third-order valence-corrected chi connectivity index (χ3v) is 6.90. The number of hydrogen-bond donors (Lipinski definition) is 2. The van der Waals surface area contributed by atoms with Crippen LogP contribution in [-0.2, 0) is 20.7 Å². The van der Waals surface area contributed by atoms with Gasteiger partial charge in [-0.2, -0.15) is 0 Å². The highest BCUT2D eigenvalue weighted by atomic mass is 32.1. The van der Waals surface area contributed by atoms with Crippen molar-refractivity contribution >= 4 is 44.9 Å². The molecule has 0 bridgehead atoms. The number of anilines is 2. The molecule has 0 spiro atoms. The number of nitrogens with one attached hydrogen (secondary N) is 1. The number of pyridine rings is 1. The molecule has 2 amide bonds. The highest BCUT2D eigenvalue weighted by molar-refractivity contribution is 7.16. The number of piperidine rings is 1. The summed E-state index contributed by atoms with van der Waals surface area (Å²) in [6.45, 7) is 4.41. The van der Waals surface area contributed by atoms with Crippen LogP contribution in [0.5, 0.6) is 0 Å². The normalized spacial score (nSPS) is 21.0. The fourth-order valence-electron chi connectivity index (χ4n) is 4.27. The van der Waals surface area contributed by atoms with Gasteiger partial charge in [-0.15, -0.1) is 11.3 Å². The van der Waals surface area contributed by atoms with Gasteiger partial charge in [-0.3, -0.25) is 9.59 Å². The molecule has 0 aliphatic carbocycles. The lowest BCUT2D eigenvalue weighted by Gasteiger charge is -2.42. The van der Waals surface area contributed by atoms with E-state index in [1.807, 2.05) is 32.0 Å². The number of thiazole rings is 1. The van der Waals surface area contributed by atoms with Crippen molar-refractivity contribution in [3.63, 3.8) is 0 Å². The number of methoxy groups -OCH3 is 1. The van der Waals surface area contributed by atoms with Crippen molar-refractivity contribution in [1.29, 1.82) is 0 Å². The molecule has 8 nitrogen and oxygen atoms in total. The molecular formula is C23H27N5O3S. The Hall–Kier alpha value is -3.04. The number of carbonyl (C=O) groups excluding carboxylic acids is 2. The Balaban J connectivity index is 1.60. The maximum atomic E-state index is 13.3. The Morgan fingerprint density at radius 2 is 2.12 bits per heavy atom. The first-order valence-corrected chi connectivity index (χ1v) is 11.5. The lowest BCUT2D eigenvalue weighted by molar-refractivity contribution is -0.149. The summed E-state index contributed by atoms with van der Waals surface area (Å²) in [5.41, 5.74) is 10.8. The Kier molecular flexibility index (Phi) is 6.38. The number of benzene rings is 1. The van der Waals surface area contributed by atoms with Gasteiger partial charge in [0.25, 0.3) is 0 Å². The van der Waals surface area contributed by atoms with Gasteiger partial charge in [0, 0.05) is 19.6 Å². The molecule has 3 aromatic rings. The molecule has 1 saturated heterocycles. The number of ether oxygens (including phenoxy) is 1. The van der Waals surface area contributed by atoms with Crippen LogP contribution in [0.4, 0.5) is 11.5 Å². The van der Waals surface area contributed by atoms with Crippen LogP contribution in [0.3, 0.4) is 0 Å². The second-order valence-corrected chi connectivity index (χ2v) is 9.00. The van der Waals surface area contributed by atoms with E-state index in [1.54, 1.807) is 34.9 Å². The van der Waals surface area contributed by atoms with Crippen LogP contribution in [0, 0.1) is 5.92 Å². The number of rotatable bonds is 4. The summed E-state index contributed by atoms with van der Waals surface area (Å²) >= 11 is 1.57. The first-order chi connectivity index (χ1) is 15.4. The van der Waals surface area contributed by atoms with E-state index < -0.39 is 11.8 Å². The summed E-state index contributed by atoms with van der Waals surface area (Å²) in [5, 5.41) is 2.69. The number of aryl methyl sites for hydroxylation is 1. The summed E-state index contributed by atoms with van der Waals surface area (Å²) in [4.78, 5) is 36.3. The minimum atomic E-state index is -0.693. The molecule has 0 unspecified atom stereocenters. The predicted octanol–water partition coefficient (Wildman–Crippen LogP) is 3.40. The van der Waals surface area contributed by atoms with E-state index in [0.29, 0.717) is 30.9 Å². The number of carbonyl (C=O) groups is 2. The molecule has 32 heavy (non-hydrogen) atoms. The minimum Gasteiger partial charge on any atom is -0.383 e. The number of hydrogen-bond acceptors (Lipinski definition) is 7. The van der Waals surface area contributed by atoms with Gasteiger partial charge in [0.05, 0.1) is 39.8 Å². The Morgan fingerprint density at radius 1 is 1.31 bits per heavy atom. The average Bonchev–Trinajstić information content (AvgIpc) is 3.27. The van der Waals surface area contributed by atoms with Gasteiger partial charge in [0.1, 0.15) is 5.82 Å². The van der Waals surface area contributed by atoms with Crippen LogP contribution >= 0.6 is 11.3 Å². The molecule has 2 aromatic heterocycles. The number of nitrogen functional groups attached to an aromatic ring is 1. The summed E-state index contributed by atoms with van der Waals surface area (Å²) in [5.74, 6) is -0.753. The monoisotopic (exact) mass is 453 g/mol. The molecule has 1 fully saturated rings. The molecule has 1 aliphatic rings. The molecule has 9 heteroatoms. The molecule has 4 rings (SSSR count). The number of nitrogens with two attached hydrogens (primary N) is 1. The van der Waals surface area contributed by atoms with Crippen LogP contribution in [0.15, 0.2) is 36.0 Å². The van der Waals surface area contributed by atoms with Gasteiger partial charge >= 0.3 is 11.8 Å². The highest BCUT2D eigenvalue weighted by Gasteiger charge is 2.39. The van der Waals surface area contributed by atoms with Gasteiger partial charge in [-0.05, 0) is 42.2 Å². The van der Waals surface area contributed by atoms with Crippen molar-refractivity contribution in [2.45, 2.75) is 38.8 Å². The number of nitrogens with zero attached hydrogens (tertiary/aromatic N) is 3. The van der Waals surface area contributed by atoms with Crippen LogP contribution < -0.4 is 11.1 Å². The summed E-state index contributed by atoms with van der Waals surface area (Å²) in [6, 6.07) is 7.48. The van der Waals surface area contributed by atoms with Crippen molar-refractivity contribution in [1.82, 2.24) is 14.9 Å². The summed E-state index contributed by atoms with van der Waals surface area (Å²) < 4.78 is 6.76. The van der Waals surface area contributed by atoms with E-state index in [1.165, 1.54) is 6.20 Å². The van der Waals surface area contributed by atoms with E-state index >= 15 is 0 Å². The minimum absolute atomic E-state index is 0.00773. The Morgan fingerprint density at radius 3 is 2.88 bits per heavy atom. The molecule has 0 radical (unpaired) electrons. The third kappa shape index (κ3) is 4.31. The Bertz CT molecular complexity index is 1150. The van der Waals surface area contributed by atoms with E-state index in [2.05, 4.69) is 15.3 Å². The van der Waals surface area contributed by atoms with Gasteiger partial charge in [-0.1, -0.05) is 19.9 Å². The molecular weight excluding hydrogens is 426 g/mol. The van der Waals surface area contributed by atoms with E-state index in [4.69, 9.17) is 10.5 Å². The highest BCUT2D eigenvalue weighted by Crippen LogP contribution is 2.36. The summed E-state index contributed by atoms with van der Waals surface area (Å²) in [7, 11) is 1.69. The maximum absolute atomic E-state index is 13.3. The first-order valence-electron chi connectivity index (χ1n) is 10.6. The number of fused-ring (bicyclic) bond motifs is 1. The molecule has 3 atom stereocenters. The zero-order valence-corrected chi connectivity index (χ0v) is 19.2. The zero-order chi connectivity index (χ0) is 22.8. The van der Waals surface area contributed by atoms with Crippen molar-refractivity contribution in [2.75, 3.05) is 24.7 Å². The molecule has 168 valence electrons. The molecule has 1 aromatic carbocycles. The van der Waals surface area contributed by atoms with Gasteiger partial charge in [0.15, 0.2) is 0 Å². The molecule has 1 aliphatic heterocycles. The van der Waals surface area contributed by atoms with Crippen LogP contribution in [0.2, 0.25) is 0 Å². The van der Waals surface area contributed by atoms with Crippen molar-refractivity contribution in [3.05, 3.63) is 47.1 Å². The maximum Gasteiger partial charge on any atom is 0.313 e. The quantitative estimate of drug-likeness (QED) is 0.586. The second kappa shape index (κ2) is 9.22. The number of aromatic nitrogens is 2. The SMILES string of the molecule is CCc1cc(NC(=O)C(=O)N2C[C@H](C)[C@H](OC)C[C@H]2c2ccc3scnc3c2)cnc1N.